The van der Waals surface area contributed by atoms with Crippen LogP contribution in [-0.4, -0.2) is 18.0 Å². The molecule has 0 aliphatic carbocycles. The zero-order valence-corrected chi connectivity index (χ0v) is 9.52. The van der Waals surface area contributed by atoms with Crippen molar-refractivity contribution >= 4 is 23.3 Å². The highest BCUT2D eigenvalue weighted by molar-refractivity contribution is 6.17. The Bertz CT molecular complexity index is 522. The standard InChI is InChI=1S/C10H7ClN2O4/c1-17-10(14)8-3-9(13(15)16)7(5-12)2-6(8)4-11/h2-3H,4H2,1H3. The molecular weight excluding hydrogens is 248 g/mol. The van der Waals surface area contributed by atoms with Crippen LogP contribution in [0, 0.1) is 21.4 Å². The van der Waals surface area contributed by atoms with Gasteiger partial charge in [0.2, 0.25) is 0 Å². The van der Waals surface area contributed by atoms with Crippen LogP contribution in [0.5, 0.6) is 0 Å². The molecule has 0 aromatic heterocycles. The fourth-order valence-corrected chi connectivity index (χ4v) is 1.51. The first kappa shape index (κ1) is 12.9. The minimum Gasteiger partial charge on any atom is -0.465 e. The van der Waals surface area contributed by atoms with Gasteiger partial charge in [0.25, 0.3) is 5.69 Å². The van der Waals surface area contributed by atoms with Crippen LogP contribution in [0.15, 0.2) is 12.1 Å². The fraction of sp³-hybridized carbons (Fsp3) is 0.200. The van der Waals surface area contributed by atoms with Crippen molar-refractivity contribution < 1.29 is 14.5 Å². The fourth-order valence-electron chi connectivity index (χ4n) is 1.28. The quantitative estimate of drug-likeness (QED) is 0.356. The molecule has 6 nitrogen and oxygen atoms in total. The van der Waals surface area contributed by atoms with E-state index in [0.717, 1.165) is 13.2 Å². The molecule has 0 aliphatic heterocycles. The molecule has 1 aromatic rings. The van der Waals surface area contributed by atoms with Gasteiger partial charge in [-0.05, 0) is 11.6 Å². The summed E-state index contributed by atoms with van der Waals surface area (Å²) in [5.41, 5.74) is -0.270. The summed E-state index contributed by atoms with van der Waals surface area (Å²) >= 11 is 5.61. The molecule has 0 heterocycles. The molecular formula is C10H7ClN2O4. The first-order valence-corrected chi connectivity index (χ1v) is 4.94. The highest BCUT2D eigenvalue weighted by Crippen LogP contribution is 2.24. The number of hydrogen-bond acceptors (Lipinski definition) is 5. The van der Waals surface area contributed by atoms with E-state index >= 15 is 0 Å². The van der Waals surface area contributed by atoms with Crippen LogP contribution in [0.2, 0.25) is 0 Å². The van der Waals surface area contributed by atoms with Gasteiger partial charge in [0.15, 0.2) is 0 Å². The minimum atomic E-state index is -0.733. The maximum absolute atomic E-state index is 11.4. The number of nitro groups is 1. The summed E-state index contributed by atoms with van der Waals surface area (Å²) in [7, 11) is 1.16. The van der Waals surface area contributed by atoms with Crippen LogP contribution in [0.1, 0.15) is 21.5 Å². The summed E-state index contributed by atoms with van der Waals surface area (Å²) in [5, 5.41) is 19.5. The average Bonchev–Trinajstić information content (AvgIpc) is 2.35. The van der Waals surface area contributed by atoms with Gasteiger partial charge in [0, 0.05) is 11.9 Å². The number of ether oxygens (including phenoxy) is 1. The summed E-state index contributed by atoms with van der Waals surface area (Å²) in [6.07, 6.45) is 0. The lowest BCUT2D eigenvalue weighted by molar-refractivity contribution is -0.385. The molecule has 0 spiro atoms. The number of esters is 1. The lowest BCUT2D eigenvalue weighted by atomic mass is 10.0. The molecule has 0 saturated carbocycles. The molecule has 0 saturated heterocycles. The maximum Gasteiger partial charge on any atom is 0.338 e. The van der Waals surface area contributed by atoms with E-state index in [0.29, 0.717) is 5.56 Å². The molecule has 0 unspecified atom stereocenters. The van der Waals surface area contributed by atoms with Gasteiger partial charge in [-0.1, -0.05) is 0 Å². The third-order valence-corrected chi connectivity index (χ3v) is 2.38. The van der Waals surface area contributed by atoms with Crippen molar-refractivity contribution in [2.75, 3.05) is 7.11 Å². The Morgan fingerprint density at radius 3 is 2.71 bits per heavy atom. The van der Waals surface area contributed by atoms with Crippen LogP contribution in [0.4, 0.5) is 5.69 Å². The van der Waals surface area contributed by atoms with Gasteiger partial charge in [-0.25, -0.2) is 4.79 Å². The highest BCUT2D eigenvalue weighted by Gasteiger charge is 2.21. The van der Waals surface area contributed by atoms with E-state index in [2.05, 4.69) is 4.74 Å². The Morgan fingerprint density at radius 1 is 1.65 bits per heavy atom. The van der Waals surface area contributed by atoms with Crippen LogP contribution in [0.25, 0.3) is 0 Å². The summed E-state index contributed by atoms with van der Waals surface area (Å²) in [5.74, 6) is -0.773. The van der Waals surface area contributed by atoms with Gasteiger partial charge in [-0.15, -0.1) is 11.6 Å². The van der Waals surface area contributed by atoms with Gasteiger partial charge in [0.05, 0.1) is 17.6 Å². The number of carbonyl (C=O) groups excluding carboxylic acids is 1. The van der Waals surface area contributed by atoms with Crippen molar-refractivity contribution in [1.82, 2.24) is 0 Å². The van der Waals surface area contributed by atoms with Crippen LogP contribution in [-0.2, 0) is 10.6 Å². The van der Waals surface area contributed by atoms with E-state index < -0.39 is 16.6 Å². The number of nitriles is 1. The average molecular weight is 255 g/mol. The van der Waals surface area contributed by atoms with Crippen molar-refractivity contribution in [1.29, 1.82) is 5.26 Å². The number of hydrogen-bond donors (Lipinski definition) is 0. The van der Waals surface area contributed by atoms with Crippen molar-refractivity contribution in [3.05, 3.63) is 38.9 Å². The minimum absolute atomic E-state index is 0.00630. The van der Waals surface area contributed by atoms with Gasteiger partial charge >= 0.3 is 5.97 Å². The molecule has 0 fully saturated rings. The molecule has 7 heteroatoms. The Morgan fingerprint density at radius 2 is 2.29 bits per heavy atom. The van der Waals surface area contributed by atoms with Gasteiger partial charge in [-0.3, -0.25) is 10.1 Å². The molecule has 0 amide bonds. The largest absolute Gasteiger partial charge is 0.465 e. The zero-order chi connectivity index (χ0) is 13.0. The van der Waals surface area contributed by atoms with Crippen molar-refractivity contribution in [3.8, 4) is 6.07 Å². The lowest BCUT2D eigenvalue weighted by Crippen LogP contribution is -2.07. The summed E-state index contributed by atoms with van der Waals surface area (Å²) in [4.78, 5) is 21.4. The number of rotatable bonds is 3. The van der Waals surface area contributed by atoms with E-state index in [1.807, 2.05) is 0 Å². The molecule has 0 radical (unpaired) electrons. The second kappa shape index (κ2) is 5.27. The second-order valence-electron chi connectivity index (χ2n) is 3.02. The number of methoxy groups -OCH3 is 1. The molecule has 0 N–H and O–H groups in total. The predicted octanol–water partition coefficient (Wildman–Crippen LogP) is 1.99. The maximum atomic E-state index is 11.4. The van der Waals surface area contributed by atoms with E-state index in [1.54, 1.807) is 6.07 Å². The molecule has 17 heavy (non-hydrogen) atoms. The molecule has 1 rings (SSSR count). The van der Waals surface area contributed by atoms with Gasteiger partial charge in [0.1, 0.15) is 11.6 Å². The summed E-state index contributed by atoms with van der Waals surface area (Å²) in [6, 6.07) is 3.91. The van der Waals surface area contributed by atoms with Crippen molar-refractivity contribution in [2.24, 2.45) is 0 Å². The number of nitro benzene ring substituents is 1. The van der Waals surface area contributed by atoms with Crippen LogP contribution < -0.4 is 0 Å². The Balaban J connectivity index is 3.51. The molecule has 1 aromatic carbocycles. The Labute approximate surface area is 102 Å². The molecule has 0 aliphatic rings. The molecule has 88 valence electrons. The Hall–Kier alpha value is -2.13. The third-order valence-electron chi connectivity index (χ3n) is 2.09. The SMILES string of the molecule is COC(=O)c1cc([N+](=O)[O-])c(C#N)cc1CCl. The number of nitrogens with zero attached hydrogens (tertiary/aromatic N) is 2. The normalized spacial score (nSPS) is 9.47. The zero-order valence-electron chi connectivity index (χ0n) is 8.77. The van der Waals surface area contributed by atoms with Gasteiger partial charge in [-0.2, -0.15) is 5.26 Å². The topological polar surface area (TPSA) is 93.2 Å². The predicted molar refractivity (Wildman–Crippen MR) is 58.7 cm³/mol. The van der Waals surface area contributed by atoms with E-state index in [-0.39, 0.29) is 17.0 Å². The number of carbonyl (C=O) groups is 1. The third kappa shape index (κ3) is 2.52. The lowest BCUT2D eigenvalue weighted by Gasteiger charge is -2.05. The molecule has 0 atom stereocenters. The smallest absolute Gasteiger partial charge is 0.338 e. The highest BCUT2D eigenvalue weighted by atomic mass is 35.5. The monoisotopic (exact) mass is 254 g/mol. The number of alkyl halides is 1. The summed E-state index contributed by atoms with van der Waals surface area (Å²) < 4.78 is 4.48. The van der Waals surface area contributed by atoms with Crippen LogP contribution in [0.3, 0.4) is 0 Å². The van der Waals surface area contributed by atoms with E-state index in [9.17, 15) is 14.9 Å². The van der Waals surface area contributed by atoms with Crippen molar-refractivity contribution in [3.63, 3.8) is 0 Å². The van der Waals surface area contributed by atoms with E-state index in [1.165, 1.54) is 6.07 Å². The van der Waals surface area contributed by atoms with Gasteiger partial charge < -0.3 is 4.74 Å². The van der Waals surface area contributed by atoms with Crippen molar-refractivity contribution in [2.45, 2.75) is 5.88 Å². The molecule has 0 bridgehead atoms. The van der Waals surface area contributed by atoms with E-state index in [4.69, 9.17) is 16.9 Å². The number of benzene rings is 1. The number of halogens is 1. The second-order valence-corrected chi connectivity index (χ2v) is 3.29. The first-order valence-electron chi connectivity index (χ1n) is 4.40. The first-order chi connectivity index (χ1) is 8.04. The van der Waals surface area contributed by atoms with Crippen LogP contribution >= 0.6 is 11.6 Å². The Kier molecular flexibility index (Phi) is 4.01. The summed E-state index contributed by atoms with van der Waals surface area (Å²) in [6.45, 7) is 0.